The smallest absolute Gasteiger partial charge is 0.224 e. The molecule has 21 heavy (non-hydrogen) atoms. The van der Waals surface area contributed by atoms with E-state index in [1.54, 1.807) is 30.1 Å². The standard InChI is InChI=1S/C15H18N4OS/c1-11-7-8-17-15(18-11)21-9-3-6-14(20)19-13-5-2-4-12(16)10-13/h2,4-5,7-8,10H,3,6,9,16H2,1H3,(H,19,20). The minimum absolute atomic E-state index is 0.00800. The Bertz CT molecular complexity index is 618. The molecule has 6 heteroatoms. The van der Waals surface area contributed by atoms with Gasteiger partial charge in [0.1, 0.15) is 0 Å². The van der Waals surface area contributed by atoms with E-state index in [9.17, 15) is 4.79 Å². The summed E-state index contributed by atoms with van der Waals surface area (Å²) in [6.07, 6.45) is 2.99. The number of thioether (sulfide) groups is 1. The second kappa shape index (κ2) is 7.64. The number of amides is 1. The highest BCUT2D eigenvalue weighted by molar-refractivity contribution is 7.99. The molecule has 1 heterocycles. The third-order valence-electron chi connectivity index (χ3n) is 2.72. The van der Waals surface area contributed by atoms with E-state index in [-0.39, 0.29) is 5.91 Å². The second-order valence-electron chi connectivity index (χ2n) is 4.61. The van der Waals surface area contributed by atoms with Crippen LogP contribution in [0.1, 0.15) is 18.5 Å². The molecule has 0 aliphatic carbocycles. The molecule has 1 amide bonds. The lowest BCUT2D eigenvalue weighted by molar-refractivity contribution is -0.116. The lowest BCUT2D eigenvalue weighted by atomic mass is 10.2. The van der Waals surface area contributed by atoms with Crippen molar-refractivity contribution in [1.29, 1.82) is 0 Å². The second-order valence-corrected chi connectivity index (χ2v) is 5.67. The highest BCUT2D eigenvalue weighted by Crippen LogP contribution is 2.15. The fourth-order valence-corrected chi connectivity index (χ4v) is 2.55. The summed E-state index contributed by atoms with van der Waals surface area (Å²) in [5.74, 6) is 0.805. The fourth-order valence-electron chi connectivity index (χ4n) is 1.73. The van der Waals surface area contributed by atoms with E-state index in [1.807, 2.05) is 25.1 Å². The van der Waals surface area contributed by atoms with Gasteiger partial charge in [-0.2, -0.15) is 0 Å². The summed E-state index contributed by atoms with van der Waals surface area (Å²) in [6.45, 7) is 1.94. The highest BCUT2D eigenvalue weighted by Gasteiger charge is 2.04. The maximum absolute atomic E-state index is 11.8. The topological polar surface area (TPSA) is 80.9 Å². The van der Waals surface area contributed by atoms with Crippen molar-refractivity contribution in [2.75, 3.05) is 16.8 Å². The number of aromatic nitrogens is 2. The van der Waals surface area contributed by atoms with Gasteiger partial charge in [-0.05, 0) is 37.6 Å². The Morgan fingerprint density at radius 2 is 2.24 bits per heavy atom. The molecule has 0 unspecified atom stereocenters. The number of aryl methyl sites for hydroxylation is 1. The van der Waals surface area contributed by atoms with Crippen LogP contribution in [0.3, 0.4) is 0 Å². The van der Waals surface area contributed by atoms with E-state index in [1.165, 1.54) is 0 Å². The van der Waals surface area contributed by atoms with Crippen LogP contribution in [0.15, 0.2) is 41.7 Å². The number of rotatable bonds is 6. The van der Waals surface area contributed by atoms with Gasteiger partial charge >= 0.3 is 0 Å². The zero-order valence-electron chi connectivity index (χ0n) is 11.9. The maximum Gasteiger partial charge on any atom is 0.224 e. The number of hydrogen-bond acceptors (Lipinski definition) is 5. The van der Waals surface area contributed by atoms with Crippen molar-refractivity contribution >= 4 is 29.0 Å². The van der Waals surface area contributed by atoms with Crippen molar-refractivity contribution in [1.82, 2.24) is 9.97 Å². The molecule has 0 atom stereocenters. The van der Waals surface area contributed by atoms with E-state index >= 15 is 0 Å². The Labute approximate surface area is 128 Å². The number of benzene rings is 1. The normalized spacial score (nSPS) is 10.3. The monoisotopic (exact) mass is 302 g/mol. The third-order valence-corrected chi connectivity index (χ3v) is 3.67. The van der Waals surface area contributed by atoms with Crippen LogP contribution in [-0.4, -0.2) is 21.6 Å². The minimum atomic E-state index is -0.00800. The number of hydrogen-bond donors (Lipinski definition) is 2. The number of nitrogens with one attached hydrogen (secondary N) is 1. The summed E-state index contributed by atoms with van der Waals surface area (Å²) in [5.41, 5.74) is 7.98. The predicted octanol–water partition coefficient (Wildman–Crippen LogP) is 2.88. The fraction of sp³-hybridized carbons (Fsp3) is 0.267. The largest absolute Gasteiger partial charge is 0.399 e. The van der Waals surface area contributed by atoms with Gasteiger partial charge in [-0.3, -0.25) is 4.79 Å². The molecule has 0 saturated heterocycles. The van der Waals surface area contributed by atoms with Crippen LogP contribution < -0.4 is 11.1 Å². The molecule has 0 aliphatic heterocycles. The summed E-state index contributed by atoms with van der Waals surface area (Å²) in [6, 6.07) is 9.03. The molecular formula is C15H18N4OS. The molecule has 0 saturated carbocycles. The van der Waals surface area contributed by atoms with Crippen molar-refractivity contribution in [3.05, 3.63) is 42.2 Å². The van der Waals surface area contributed by atoms with Gasteiger partial charge in [0.05, 0.1) is 0 Å². The number of nitrogens with zero attached hydrogens (tertiary/aromatic N) is 2. The van der Waals surface area contributed by atoms with Crippen molar-refractivity contribution in [3.63, 3.8) is 0 Å². The van der Waals surface area contributed by atoms with Crippen LogP contribution in [0.4, 0.5) is 11.4 Å². The van der Waals surface area contributed by atoms with Crippen LogP contribution in [-0.2, 0) is 4.79 Å². The predicted molar refractivity (Wildman–Crippen MR) is 86.2 cm³/mol. The summed E-state index contributed by atoms with van der Waals surface area (Å²) in [4.78, 5) is 20.3. The number of carbonyl (C=O) groups is 1. The average Bonchev–Trinajstić information content (AvgIpc) is 2.44. The van der Waals surface area contributed by atoms with E-state index in [0.717, 1.165) is 28.7 Å². The van der Waals surface area contributed by atoms with Gasteiger partial charge in [-0.15, -0.1) is 0 Å². The molecule has 1 aromatic carbocycles. The van der Waals surface area contributed by atoms with Gasteiger partial charge in [-0.1, -0.05) is 17.8 Å². The van der Waals surface area contributed by atoms with Gasteiger partial charge in [0.25, 0.3) is 0 Å². The summed E-state index contributed by atoms with van der Waals surface area (Å²) in [5, 5.41) is 3.59. The van der Waals surface area contributed by atoms with Gasteiger partial charge in [0.2, 0.25) is 5.91 Å². The molecular weight excluding hydrogens is 284 g/mol. The molecule has 2 rings (SSSR count). The van der Waals surface area contributed by atoms with Gasteiger partial charge < -0.3 is 11.1 Å². The summed E-state index contributed by atoms with van der Waals surface area (Å²) >= 11 is 1.56. The molecule has 3 N–H and O–H groups in total. The van der Waals surface area contributed by atoms with Gasteiger partial charge in [0, 0.05) is 35.4 Å². The quantitative estimate of drug-likeness (QED) is 0.371. The lowest BCUT2D eigenvalue weighted by Crippen LogP contribution is -2.11. The Hall–Kier alpha value is -2.08. The Morgan fingerprint density at radius 1 is 1.38 bits per heavy atom. The van der Waals surface area contributed by atoms with E-state index < -0.39 is 0 Å². The average molecular weight is 302 g/mol. The first-order chi connectivity index (χ1) is 10.1. The first-order valence-corrected chi connectivity index (χ1v) is 7.70. The lowest BCUT2D eigenvalue weighted by Gasteiger charge is -2.05. The SMILES string of the molecule is Cc1ccnc(SCCCC(=O)Nc2cccc(N)c2)n1. The molecule has 0 aliphatic rings. The molecule has 0 spiro atoms. The van der Waals surface area contributed by atoms with E-state index in [0.29, 0.717) is 12.1 Å². The van der Waals surface area contributed by atoms with Gasteiger partial charge in [0.15, 0.2) is 5.16 Å². The molecule has 1 aromatic heterocycles. The van der Waals surface area contributed by atoms with E-state index in [2.05, 4.69) is 15.3 Å². The molecule has 0 fully saturated rings. The van der Waals surface area contributed by atoms with Crippen LogP contribution in [0.5, 0.6) is 0 Å². The van der Waals surface area contributed by atoms with Crippen molar-refractivity contribution in [2.45, 2.75) is 24.9 Å². The first-order valence-electron chi connectivity index (χ1n) is 6.71. The Balaban J connectivity index is 1.70. The van der Waals surface area contributed by atoms with Crippen molar-refractivity contribution in [3.8, 4) is 0 Å². The summed E-state index contributed by atoms with van der Waals surface area (Å²) < 4.78 is 0. The van der Waals surface area contributed by atoms with Gasteiger partial charge in [-0.25, -0.2) is 9.97 Å². The first kappa shape index (κ1) is 15.3. The third kappa shape index (κ3) is 5.43. The molecule has 5 nitrogen and oxygen atoms in total. The highest BCUT2D eigenvalue weighted by atomic mass is 32.2. The van der Waals surface area contributed by atoms with Crippen molar-refractivity contribution in [2.24, 2.45) is 0 Å². The molecule has 2 aromatic rings. The maximum atomic E-state index is 11.8. The Kier molecular flexibility index (Phi) is 5.57. The molecule has 110 valence electrons. The van der Waals surface area contributed by atoms with Crippen LogP contribution >= 0.6 is 11.8 Å². The number of anilines is 2. The minimum Gasteiger partial charge on any atom is -0.399 e. The molecule has 0 bridgehead atoms. The number of nitrogen functional groups attached to an aromatic ring is 1. The van der Waals surface area contributed by atoms with Crippen molar-refractivity contribution < 1.29 is 4.79 Å². The van der Waals surface area contributed by atoms with Crippen LogP contribution in [0.25, 0.3) is 0 Å². The van der Waals surface area contributed by atoms with Crippen LogP contribution in [0, 0.1) is 6.92 Å². The molecule has 0 radical (unpaired) electrons. The zero-order chi connectivity index (χ0) is 15.1. The number of nitrogens with two attached hydrogens (primary N) is 1. The summed E-state index contributed by atoms with van der Waals surface area (Å²) in [7, 11) is 0. The van der Waals surface area contributed by atoms with Crippen LogP contribution in [0.2, 0.25) is 0 Å². The van der Waals surface area contributed by atoms with E-state index in [4.69, 9.17) is 5.73 Å². The zero-order valence-corrected chi connectivity index (χ0v) is 12.7. The Morgan fingerprint density at radius 3 is 3.00 bits per heavy atom. The number of carbonyl (C=O) groups excluding carboxylic acids is 1.